The summed E-state index contributed by atoms with van der Waals surface area (Å²) >= 11 is 6.16. The zero-order valence-electron chi connectivity index (χ0n) is 23.8. The van der Waals surface area contributed by atoms with Gasteiger partial charge in [-0.15, -0.1) is 0 Å². The Morgan fingerprint density at radius 2 is 1.60 bits per heavy atom. The Bertz CT molecular complexity index is 1240. The molecule has 0 spiro atoms. The van der Waals surface area contributed by atoms with Crippen molar-refractivity contribution in [2.45, 2.75) is 68.3 Å². The minimum absolute atomic E-state index is 0.0727. The van der Waals surface area contributed by atoms with Crippen LogP contribution in [-0.4, -0.2) is 86.4 Å². The molecule has 5 rings (SSSR count). The topological polar surface area (TPSA) is 73.0 Å². The number of amides is 1. The Labute approximate surface area is 244 Å². The van der Waals surface area contributed by atoms with Gasteiger partial charge in [-0.3, -0.25) is 14.6 Å². The van der Waals surface area contributed by atoms with E-state index in [4.69, 9.17) is 11.6 Å². The van der Waals surface area contributed by atoms with Gasteiger partial charge in [0.2, 0.25) is 15.9 Å². The van der Waals surface area contributed by atoms with Gasteiger partial charge < -0.3 is 4.90 Å². The number of halogens is 1. The highest BCUT2D eigenvalue weighted by molar-refractivity contribution is 7.89. The van der Waals surface area contributed by atoms with E-state index in [0.29, 0.717) is 35.6 Å². The number of rotatable bonds is 8. The van der Waals surface area contributed by atoms with E-state index >= 15 is 0 Å². The third-order valence-corrected chi connectivity index (χ3v) is 11.1. The van der Waals surface area contributed by atoms with Crippen molar-refractivity contribution in [3.05, 3.63) is 65.2 Å². The van der Waals surface area contributed by atoms with E-state index in [1.807, 2.05) is 18.2 Å². The van der Waals surface area contributed by atoms with Crippen molar-refractivity contribution in [2.75, 3.05) is 45.8 Å². The Kier molecular flexibility index (Phi) is 9.22. The van der Waals surface area contributed by atoms with Crippen LogP contribution in [0, 0.1) is 5.92 Å². The lowest BCUT2D eigenvalue weighted by molar-refractivity contribution is -0.138. The number of nitrogens with zero attached hydrogens (tertiary/aromatic N) is 3. The molecule has 1 saturated carbocycles. The van der Waals surface area contributed by atoms with Crippen molar-refractivity contribution in [1.29, 1.82) is 0 Å². The first-order valence-corrected chi connectivity index (χ1v) is 16.6. The zero-order valence-corrected chi connectivity index (χ0v) is 25.3. The van der Waals surface area contributed by atoms with Crippen molar-refractivity contribution in [3.8, 4) is 0 Å². The van der Waals surface area contributed by atoms with Crippen LogP contribution >= 0.6 is 11.6 Å². The van der Waals surface area contributed by atoms with E-state index in [2.05, 4.69) is 45.4 Å². The van der Waals surface area contributed by atoms with E-state index < -0.39 is 10.0 Å². The number of sulfonamides is 1. The fourth-order valence-electron chi connectivity index (χ4n) is 6.92. The minimum Gasteiger partial charge on any atom is -0.340 e. The van der Waals surface area contributed by atoms with Crippen LogP contribution in [0.1, 0.15) is 57.4 Å². The van der Waals surface area contributed by atoms with Gasteiger partial charge in [-0.25, -0.2) is 13.1 Å². The lowest BCUT2D eigenvalue weighted by Crippen LogP contribution is -2.62. The molecule has 2 atom stereocenters. The molecule has 1 aliphatic carbocycles. The molecule has 0 bridgehead atoms. The summed E-state index contributed by atoms with van der Waals surface area (Å²) in [6.07, 6.45) is 5.33. The van der Waals surface area contributed by atoms with E-state index in [1.165, 1.54) is 12.0 Å². The molecule has 3 aliphatic rings. The van der Waals surface area contributed by atoms with Gasteiger partial charge in [-0.05, 0) is 56.5 Å². The molecule has 7 nitrogen and oxygen atoms in total. The number of likely N-dealkylation sites (tertiary alicyclic amines) is 1. The Hall–Kier alpha value is -1.97. The molecule has 2 saturated heterocycles. The summed E-state index contributed by atoms with van der Waals surface area (Å²) < 4.78 is 29.0. The van der Waals surface area contributed by atoms with Crippen molar-refractivity contribution >= 4 is 27.5 Å². The molecular formula is C31H43ClN4O3S. The monoisotopic (exact) mass is 586 g/mol. The van der Waals surface area contributed by atoms with Crippen LogP contribution in [0.5, 0.6) is 0 Å². The van der Waals surface area contributed by atoms with Crippen LogP contribution < -0.4 is 4.72 Å². The number of nitrogens with one attached hydrogen (secondary N) is 1. The molecule has 2 aliphatic heterocycles. The predicted molar refractivity (Wildman–Crippen MR) is 160 cm³/mol. The van der Waals surface area contributed by atoms with Crippen molar-refractivity contribution in [1.82, 2.24) is 19.4 Å². The first-order valence-electron chi connectivity index (χ1n) is 14.8. The molecule has 0 unspecified atom stereocenters. The molecular weight excluding hydrogens is 544 g/mol. The quantitative estimate of drug-likeness (QED) is 0.490. The van der Waals surface area contributed by atoms with E-state index in [-0.39, 0.29) is 23.3 Å². The largest absolute Gasteiger partial charge is 0.340 e. The highest BCUT2D eigenvalue weighted by Gasteiger charge is 2.44. The second-order valence-electron chi connectivity index (χ2n) is 12.0. The molecule has 40 heavy (non-hydrogen) atoms. The Morgan fingerprint density at radius 3 is 2.23 bits per heavy atom. The van der Waals surface area contributed by atoms with Gasteiger partial charge in [0.1, 0.15) is 0 Å². The summed E-state index contributed by atoms with van der Waals surface area (Å²) in [6.45, 7) is 9.34. The third kappa shape index (κ3) is 6.41. The molecule has 9 heteroatoms. The average molecular weight is 587 g/mol. The fraction of sp³-hybridized carbons (Fsp3) is 0.581. The maximum atomic E-state index is 14.0. The summed E-state index contributed by atoms with van der Waals surface area (Å²) in [6, 6.07) is 17.0. The summed E-state index contributed by atoms with van der Waals surface area (Å²) in [4.78, 5) is 21.2. The fourth-order valence-corrected chi connectivity index (χ4v) is 8.18. The smallest absolute Gasteiger partial charge is 0.240 e. The molecule has 218 valence electrons. The predicted octanol–water partition coefficient (Wildman–Crippen LogP) is 4.59. The van der Waals surface area contributed by atoms with E-state index in [0.717, 1.165) is 51.9 Å². The van der Waals surface area contributed by atoms with Crippen LogP contribution in [-0.2, 0) is 14.8 Å². The average Bonchev–Trinajstić information content (AvgIpc) is 3.43. The van der Waals surface area contributed by atoms with Gasteiger partial charge in [0.25, 0.3) is 0 Å². The normalized spacial score (nSPS) is 24.4. The molecule has 0 aromatic heterocycles. The molecule has 1 amide bonds. The third-order valence-electron chi connectivity index (χ3n) is 9.38. The number of hydrogen-bond acceptors (Lipinski definition) is 5. The van der Waals surface area contributed by atoms with Gasteiger partial charge >= 0.3 is 0 Å². The van der Waals surface area contributed by atoms with Crippen molar-refractivity contribution in [2.24, 2.45) is 5.92 Å². The lowest BCUT2D eigenvalue weighted by atomic mass is 9.80. The molecule has 2 aromatic carbocycles. The Balaban J connectivity index is 1.26. The van der Waals surface area contributed by atoms with Crippen LogP contribution in [0.3, 0.4) is 0 Å². The summed E-state index contributed by atoms with van der Waals surface area (Å²) in [5, 5.41) is 0.712. The van der Waals surface area contributed by atoms with Crippen LogP contribution in [0.25, 0.3) is 0 Å². The number of carbonyl (C=O) groups is 1. The number of benzene rings is 2. The van der Waals surface area contributed by atoms with Crippen molar-refractivity contribution < 1.29 is 13.2 Å². The van der Waals surface area contributed by atoms with Gasteiger partial charge in [0.05, 0.1) is 10.8 Å². The second kappa shape index (κ2) is 12.5. The lowest BCUT2D eigenvalue weighted by Gasteiger charge is -2.50. The number of hydrogen-bond donors (Lipinski definition) is 1. The first-order chi connectivity index (χ1) is 19.2. The van der Waals surface area contributed by atoms with Crippen molar-refractivity contribution in [3.63, 3.8) is 0 Å². The molecule has 2 heterocycles. The van der Waals surface area contributed by atoms with Gasteiger partial charge in [-0.2, -0.15) is 0 Å². The molecule has 1 N–H and O–H groups in total. The van der Waals surface area contributed by atoms with E-state index in [9.17, 15) is 13.2 Å². The highest BCUT2D eigenvalue weighted by atomic mass is 35.5. The summed E-state index contributed by atoms with van der Waals surface area (Å²) in [5.41, 5.74) is 0.972. The SMILES string of the molecule is CC(C)N1C[C@H](C(=O)N2CCN(C3(CNS(=O)(=O)c4ccccc4)CCCCC3)CC2)[C@@H](c2ccc(Cl)cc2)C1. The maximum absolute atomic E-state index is 14.0. The second-order valence-corrected chi connectivity index (χ2v) is 14.3. The molecule has 2 aromatic rings. The molecule has 0 radical (unpaired) electrons. The summed E-state index contributed by atoms with van der Waals surface area (Å²) in [5.74, 6) is 0.323. The highest BCUT2D eigenvalue weighted by Crippen LogP contribution is 2.37. The molecule has 3 fully saturated rings. The minimum atomic E-state index is -3.57. The van der Waals surface area contributed by atoms with Crippen LogP contribution in [0.2, 0.25) is 5.02 Å². The first kappa shape index (κ1) is 29.5. The zero-order chi connectivity index (χ0) is 28.3. The Morgan fingerprint density at radius 1 is 0.950 bits per heavy atom. The summed E-state index contributed by atoms with van der Waals surface area (Å²) in [7, 11) is -3.57. The number of carbonyl (C=O) groups excluding carboxylic acids is 1. The van der Waals surface area contributed by atoms with Crippen LogP contribution in [0.15, 0.2) is 59.5 Å². The van der Waals surface area contributed by atoms with Crippen LogP contribution in [0.4, 0.5) is 0 Å². The van der Waals surface area contributed by atoms with E-state index in [1.54, 1.807) is 24.3 Å². The van der Waals surface area contributed by atoms with Gasteiger partial charge in [-0.1, -0.05) is 61.2 Å². The standard InChI is InChI=1S/C31H43ClN4O3S/c1-24(2)35-21-28(25-11-13-26(32)14-12-25)29(22-35)30(37)34-17-19-36(20-18-34)31(15-7-4-8-16-31)23-33-40(38,39)27-9-5-3-6-10-27/h3,5-6,9-14,24,28-29,33H,4,7-8,15-23H2,1-2H3/t28-,29+/m1/s1. The maximum Gasteiger partial charge on any atom is 0.240 e. The van der Waals surface area contributed by atoms with Gasteiger partial charge in [0, 0.05) is 68.3 Å². The number of piperazine rings is 1. The van der Waals surface area contributed by atoms with Gasteiger partial charge in [0.15, 0.2) is 0 Å².